The van der Waals surface area contributed by atoms with E-state index in [1.807, 2.05) is 30.3 Å². The lowest BCUT2D eigenvalue weighted by atomic mass is 10.0. The Hall–Kier alpha value is -2.34. The molecule has 3 rings (SSSR count). The molecule has 0 spiro atoms. The van der Waals surface area contributed by atoms with Crippen LogP contribution < -0.4 is 15.4 Å². The molecule has 0 bridgehead atoms. The van der Waals surface area contributed by atoms with Crippen molar-refractivity contribution in [2.24, 2.45) is 5.92 Å². The quantitative estimate of drug-likeness (QED) is 0.835. The first-order chi connectivity index (χ1) is 12.5. The number of para-hydroxylation sites is 1. The average molecular weight is 356 g/mol. The highest BCUT2D eigenvalue weighted by atomic mass is 16.5. The summed E-state index contributed by atoms with van der Waals surface area (Å²) in [6.45, 7) is 7.77. The maximum Gasteiger partial charge on any atom is 0.275 e. The van der Waals surface area contributed by atoms with Crippen molar-refractivity contribution in [3.05, 3.63) is 42.2 Å². The Morgan fingerprint density at radius 1 is 1.38 bits per heavy atom. The fraction of sp³-hybridized carbons (Fsp3) is 0.500. The first-order valence-electron chi connectivity index (χ1n) is 9.35. The first-order valence-corrected chi connectivity index (χ1v) is 9.35. The molecule has 0 radical (unpaired) electrons. The number of carbonyl (C=O) groups is 1. The Kier molecular flexibility index (Phi) is 5.93. The van der Waals surface area contributed by atoms with Crippen LogP contribution in [-0.4, -0.2) is 40.9 Å². The van der Waals surface area contributed by atoms with E-state index in [0.29, 0.717) is 30.0 Å². The number of ether oxygens (including phenoxy) is 1. The largest absolute Gasteiger partial charge is 0.489 e. The molecule has 1 fully saturated rings. The Balaban J connectivity index is 1.81. The van der Waals surface area contributed by atoms with Gasteiger partial charge in [-0.1, -0.05) is 32.0 Å². The monoisotopic (exact) mass is 356 g/mol. The minimum atomic E-state index is -0.169. The molecule has 2 unspecified atom stereocenters. The van der Waals surface area contributed by atoms with Gasteiger partial charge in [-0.3, -0.25) is 4.79 Å². The molecule has 0 aliphatic carbocycles. The molecule has 2 N–H and O–H groups in total. The molecule has 1 amide bonds. The number of hydrogen-bond acceptors (Lipinski definition) is 4. The number of piperidine rings is 1. The van der Waals surface area contributed by atoms with Crippen molar-refractivity contribution in [3.8, 4) is 11.4 Å². The van der Waals surface area contributed by atoms with Gasteiger partial charge in [-0.25, -0.2) is 4.68 Å². The molecule has 6 heteroatoms. The number of hydrogen-bond donors (Lipinski definition) is 2. The second-order valence-corrected chi connectivity index (χ2v) is 7.38. The number of benzene rings is 1. The van der Waals surface area contributed by atoms with Crippen LogP contribution in [0.25, 0.3) is 5.69 Å². The normalized spacial score (nSPS) is 20.2. The Bertz CT molecular complexity index is 727. The highest BCUT2D eigenvalue weighted by Crippen LogP contribution is 2.21. The molecule has 1 aromatic heterocycles. The number of carbonyl (C=O) groups excluding carboxylic acids is 1. The predicted molar refractivity (Wildman–Crippen MR) is 102 cm³/mol. The lowest BCUT2D eigenvalue weighted by molar-refractivity contribution is 0.0915. The second-order valence-electron chi connectivity index (χ2n) is 7.38. The van der Waals surface area contributed by atoms with Crippen LogP contribution in [0, 0.1) is 5.92 Å². The topological polar surface area (TPSA) is 68.2 Å². The van der Waals surface area contributed by atoms with Crippen LogP contribution in [0.4, 0.5) is 0 Å². The van der Waals surface area contributed by atoms with Crippen molar-refractivity contribution in [1.29, 1.82) is 0 Å². The number of nitrogens with zero attached hydrogens (tertiary/aromatic N) is 2. The molecule has 26 heavy (non-hydrogen) atoms. The summed E-state index contributed by atoms with van der Waals surface area (Å²) in [7, 11) is 0. The molecular weight excluding hydrogens is 328 g/mol. The number of nitrogens with one attached hydrogen (secondary N) is 2. The molecule has 1 aliphatic heterocycles. The summed E-state index contributed by atoms with van der Waals surface area (Å²) in [6, 6.07) is 10.3. The third-order valence-electron chi connectivity index (χ3n) is 4.45. The van der Waals surface area contributed by atoms with Crippen LogP contribution >= 0.6 is 0 Å². The number of aromatic nitrogens is 2. The van der Waals surface area contributed by atoms with E-state index in [-0.39, 0.29) is 11.9 Å². The number of rotatable bonds is 6. The van der Waals surface area contributed by atoms with Crippen molar-refractivity contribution < 1.29 is 9.53 Å². The zero-order valence-corrected chi connectivity index (χ0v) is 15.7. The molecule has 140 valence electrons. The van der Waals surface area contributed by atoms with Crippen molar-refractivity contribution in [2.75, 3.05) is 13.2 Å². The molecular formula is C20H28N4O2. The third-order valence-corrected chi connectivity index (χ3v) is 4.45. The van der Waals surface area contributed by atoms with E-state index in [9.17, 15) is 4.79 Å². The second kappa shape index (κ2) is 8.36. The highest BCUT2D eigenvalue weighted by Gasteiger charge is 2.24. The summed E-state index contributed by atoms with van der Waals surface area (Å²) in [5, 5.41) is 11.0. The van der Waals surface area contributed by atoms with Gasteiger partial charge >= 0.3 is 0 Å². The summed E-state index contributed by atoms with van der Waals surface area (Å²) in [5.74, 6) is 0.732. The lowest BCUT2D eigenvalue weighted by Gasteiger charge is -2.28. The standard InChI is InChI=1S/C20H28N4O2/c1-14(2)13-26-18-12-24(17-7-5-4-6-8-17)23-19(18)20(25)22-16-9-10-21-15(3)11-16/h4-8,12,14-16,21H,9-11,13H2,1-3H3,(H,22,25). The van der Waals surface area contributed by atoms with E-state index in [2.05, 4.69) is 36.5 Å². The Morgan fingerprint density at radius 2 is 2.15 bits per heavy atom. The molecule has 1 aliphatic rings. The molecule has 1 aromatic carbocycles. The van der Waals surface area contributed by atoms with Crippen molar-refractivity contribution >= 4 is 5.91 Å². The average Bonchev–Trinajstić information content (AvgIpc) is 3.05. The first kappa shape index (κ1) is 18.5. The van der Waals surface area contributed by atoms with Gasteiger partial charge in [-0.05, 0) is 44.4 Å². The Morgan fingerprint density at radius 3 is 2.85 bits per heavy atom. The van der Waals surface area contributed by atoms with Gasteiger partial charge < -0.3 is 15.4 Å². The van der Waals surface area contributed by atoms with Gasteiger partial charge in [0.05, 0.1) is 18.5 Å². The van der Waals surface area contributed by atoms with Crippen molar-refractivity contribution in [1.82, 2.24) is 20.4 Å². The molecule has 0 saturated carbocycles. The highest BCUT2D eigenvalue weighted by molar-refractivity contribution is 5.95. The summed E-state index contributed by atoms with van der Waals surface area (Å²) in [4.78, 5) is 12.8. The maximum absolute atomic E-state index is 12.8. The minimum Gasteiger partial charge on any atom is -0.489 e. The van der Waals surface area contributed by atoms with Crippen LogP contribution in [0.5, 0.6) is 5.75 Å². The van der Waals surface area contributed by atoms with Crippen molar-refractivity contribution in [3.63, 3.8) is 0 Å². The minimum absolute atomic E-state index is 0.165. The van der Waals surface area contributed by atoms with E-state index in [0.717, 1.165) is 25.1 Å². The predicted octanol–water partition coefficient (Wildman–Crippen LogP) is 2.78. The number of amides is 1. The third kappa shape index (κ3) is 4.64. The van der Waals surface area contributed by atoms with E-state index >= 15 is 0 Å². The lowest BCUT2D eigenvalue weighted by Crippen LogP contribution is -2.46. The van der Waals surface area contributed by atoms with Gasteiger partial charge in [0, 0.05) is 12.1 Å². The zero-order chi connectivity index (χ0) is 18.5. The van der Waals surface area contributed by atoms with E-state index in [1.165, 1.54) is 0 Å². The smallest absolute Gasteiger partial charge is 0.275 e. The molecule has 6 nitrogen and oxygen atoms in total. The molecule has 1 saturated heterocycles. The van der Waals surface area contributed by atoms with Crippen LogP contribution in [0.2, 0.25) is 0 Å². The molecule has 2 atom stereocenters. The summed E-state index contributed by atoms with van der Waals surface area (Å²) in [6.07, 6.45) is 3.64. The van der Waals surface area contributed by atoms with Gasteiger partial charge in [0.15, 0.2) is 11.4 Å². The maximum atomic E-state index is 12.8. The van der Waals surface area contributed by atoms with Gasteiger partial charge in [0.1, 0.15) is 0 Å². The summed E-state index contributed by atoms with van der Waals surface area (Å²) in [5.41, 5.74) is 1.25. The van der Waals surface area contributed by atoms with Gasteiger partial charge in [-0.15, -0.1) is 0 Å². The summed E-state index contributed by atoms with van der Waals surface area (Å²) < 4.78 is 7.58. The summed E-state index contributed by atoms with van der Waals surface area (Å²) >= 11 is 0. The van der Waals surface area contributed by atoms with E-state index in [4.69, 9.17) is 4.74 Å². The molecule has 2 aromatic rings. The van der Waals surface area contributed by atoms with Crippen LogP contribution in [0.1, 0.15) is 44.1 Å². The van der Waals surface area contributed by atoms with E-state index in [1.54, 1.807) is 10.9 Å². The fourth-order valence-corrected chi connectivity index (χ4v) is 3.11. The van der Waals surface area contributed by atoms with Crippen LogP contribution in [0.15, 0.2) is 36.5 Å². The van der Waals surface area contributed by atoms with Gasteiger partial charge in [0.2, 0.25) is 0 Å². The fourth-order valence-electron chi connectivity index (χ4n) is 3.11. The van der Waals surface area contributed by atoms with Gasteiger partial charge in [0.25, 0.3) is 5.91 Å². The van der Waals surface area contributed by atoms with Crippen LogP contribution in [0.3, 0.4) is 0 Å². The van der Waals surface area contributed by atoms with Crippen molar-refractivity contribution in [2.45, 2.75) is 45.7 Å². The molecule has 2 heterocycles. The van der Waals surface area contributed by atoms with Gasteiger partial charge in [-0.2, -0.15) is 5.10 Å². The SMILES string of the molecule is CC(C)COc1cn(-c2ccccc2)nc1C(=O)NC1CCNC(C)C1. The Labute approximate surface area is 154 Å². The van der Waals surface area contributed by atoms with Crippen LogP contribution in [-0.2, 0) is 0 Å². The zero-order valence-electron chi connectivity index (χ0n) is 15.7. The van der Waals surface area contributed by atoms with E-state index < -0.39 is 0 Å².